The van der Waals surface area contributed by atoms with E-state index in [9.17, 15) is 19.8 Å². The standard InChI is InChI=1S/C34H46BrNO5/c1-3-4-5-6-7-8-9-10-11-12-13-14-15-16-23-36-31(26-19-22-28(37)29(24-26)41-2)30(33(39)34(36)40)32(38)25-17-20-27(35)21-18-25/h17-22,24,31,37-38H,3-16,23H2,1-2H3/t31-/m0/s1. The molecule has 2 aromatic carbocycles. The Balaban J connectivity index is 1.59. The number of phenolic OH excluding ortho intramolecular Hbond substituents is 1. The molecule has 7 heteroatoms. The molecule has 6 nitrogen and oxygen atoms in total. The van der Waals surface area contributed by atoms with Crippen molar-refractivity contribution in [1.29, 1.82) is 0 Å². The van der Waals surface area contributed by atoms with Crippen molar-refractivity contribution in [2.75, 3.05) is 13.7 Å². The molecule has 0 bridgehead atoms. The fourth-order valence-corrected chi connectivity index (χ4v) is 5.83. The molecule has 0 spiro atoms. The van der Waals surface area contributed by atoms with Crippen molar-refractivity contribution in [1.82, 2.24) is 4.90 Å². The second kappa shape index (κ2) is 17.2. The summed E-state index contributed by atoms with van der Waals surface area (Å²) in [7, 11) is 1.45. The van der Waals surface area contributed by atoms with Crippen molar-refractivity contribution < 1.29 is 24.5 Å². The number of ketones is 1. The van der Waals surface area contributed by atoms with Crippen LogP contribution in [0.5, 0.6) is 11.5 Å². The van der Waals surface area contributed by atoms with E-state index in [-0.39, 0.29) is 22.8 Å². The van der Waals surface area contributed by atoms with Crippen molar-refractivity contribution in [2.24, 2.45) is 0 Å². The van der Waals surface area contributed by atoms with Crippen molar-refractivity contribution in [2.45, 2.75) is 103 Å². The predicted octanol–water partition coefficient (Wildman–Crippen LogP) is 9.07. The van der Waals surface area contributed by atoms with E-state index in [0.29, 0.717) is 17.7 Å². The van der Waals surface area contributed by atoms with Crippen LogP contribution in [0.3, 0.4) is 0 Å². The molecule has 2 N–H and O–H groups in total. The molecule has 0 unspecified atom stereocenters. The summed E-state index contributed by atoms with van der Waals surface area (Å²) in [5.41, 5.74) is 1.11. The molecule has 1 amide bonds. The summed E-state index contributed by atoms with van der Waals surface area (Å²) < 4.78 is 6.13. The van der Waals surface area contributed by atoms with Gasteiger partial charge in [-0.25, -0.2) is 0 Å². The number of carbonyl (C=O) groups excluding carboxylic acids is 2. The third-order valence-electron chi connectivity index (χ3n) is 7.93. The highest BCUT2D eigenvalue weighted by Gasteiger charge is 2.46. The number of nitrogens with zero attached hydrogens (tertiary/aromatic N) is 1. The Labute approximate surface area is 253 Å². The predicted molar refractivity (Wildman–Crippen MR) is 168 cm³/mol. The van der Waals surface area contributed by atoms with E-state index < -0.39 is 17.7 Å². The topological polar surface area (TPSA) is 87.1 Å². The van der Waals surface area contributed by atoms with E-state index in [0.717, 1.165) is 23.7 Å². The van der Waals surface area contributed by atoms with Crippen molar-refractivity contribution >= 4 is 33.4 Å². The van der Waals surface area contributed by atoms with Gasteiger partial charge in [-0.3, -0.25) is 9.59 Å². The molecule has 224 valence electrons. The Morgan fingerprint density at radius 3 is 1.90 bits per heavy atom. The lowest BCUT2D eigenvalue weighted by molar-refractivity contribution is -0.139. The minimum atomic E-state index is -0.768. The fourth-order valence-electron chi connectivity index (χ4n) is 5.56. The number of aliphatic hydroxyl groups excluding tert-OH is 1. The number of hydrogen-bond acceptors (Lipinski definition) is 5. The number of aliphatic hydroxyl groups is 1. The van der Waals surface area contributed by atoms with E-state index >= 15 is 0 Å². The highest BCUT2D eigenvalue weighted by Crippen LogP contribution is 2.42. The fraction of sp³-hybridized carbons (Fsp3) is 0.529. The van der Waals surface area contributed by atoms with Gasteiger partial charge in [-0.1, -0.05) is 125 Å². The average Bonchev–Trinajstić information content (AvgIpc) is 3.22. The molecule has 1 aliphatic heterocycles. The molecule has 0 aliphatic carbocycles. The second-order valence-corrected chi connectivity index (χ2v) is 11.9. The third-order valence-corrected chi connectivity index (χ3v) is 8.46. The molecule has 0 saturated carbocycles. The van der Waals surface area contributed by atoms with E-state index in [1.165, 1.54) is 83.8 Å². The molecule has 1 fully saturated rings. The summed E-state index contributed by atoms with van der Waals surface area (Å²) in [5.74, 6) is -1.32. The Bertz CT molecular complexity index is 1160. The summed E-state index contributed by atoms with van der Waals surface area (Å²) in [6.45, 7) is 2.66. The molecular weight excluding hydrogens is 582 g/mol. The molecule has 0 aromatic heterocycles. The van der Waals surface area contributed by atoms with Crippen molar-refractivity contribution in [3.05, 3.63) is 63.6 Å². The lowest BCUT2D eigenvalue weighted by Gasteiger charge is -2.26. The quantitative estimate of drug-likeness (QED) is 0.0745. The number of hydrogen-bond donors (Lipinski definition) is 2. The average molecular weight is 629 g/mol. The van der Waals surface area contributed by atoms with Crippen molar-refractivity contribution in [3.63, 3.8) is 0 Å². The minimum Gasteiger partial charge on any atom is -0.507 e. The first-order valence-corrected chi connectivity index (χ1v) is 16.1. The van der Waals surface area contributed by atoms with Gasteiger partial charge in [-0.2, -0.15) is 0 Å². The van der Waals surface area contributed by atoms with Gasteiger partial charge in [0.15, 0.2) is 11.5 Å². The number of unbranched alkanes of at least 4 members (excludes halogenated alkanes) is 13. The Kier molecular flexibility index (Phi) is 13.7. The maximum atomic E-state index is 13.3. The lowest BCUT2D eigenvalue weighted by atomic mass is 9.95. The highest BCUT2D eigenvalue weighted by molar-refractivity contribution is 9.10. The van der Waals surface area contributed by atoms with Gasteiger partial charge in [0.1, 0.15) is 5.76 Å². The summed E-state index contributed by atoms with van der Waals surface area (Å²) in [6, 6.07) is 11.0. The van der Waals surface area contributed by atoms with E-state index in [2.05, 4.69) is 22.9 Å². The smallest absolute Gasteiger partial charge is 0.295 e. The summed E-state index contributed by atoms with van der Waals surface area (Å²) in [4.78, 5) is 28.0. The lowest BCUT2D eigenvalue weighted by Crippen LogP contribution is -2.30. The van der Waals surface area contributed by atoms with Gasteiger partial charge in [0, 0.05) is 16.6 Å². The summed E-state index contributed by atoms with van der Waals surface area (Å²) in [5, 5.41) is 21.3. The van der Waals surface area contributed by atoms with Crippen LogP contribution in [0.4, 0.5) is 0 Å². The number of phenols is 1. The largest absolute Gasteiger partial charge is 0.507 e. The first kappa shape index (κ1) is 32.7. The molecule has 3 rings (SSSR count). The number of rotatable bonds is 18. The minimum absolute atomic E-state index is 0.0342. The normalized spacial score (nSPS) is 16.5. The van der Waals surface area contributed by atoms with Crippen LogP contribution in [0, 0.1) is 0 Å². The van der Waals surface area contributed by atoms with Gasteiger partial charge in [0.05, 0.1) is 18.7 Å². The number of benzene rings is 2. The van der Waals surface area contributed by atoms with Gasteiger partial charge in [-0.15, -0.1) is 0 Å². The van der Waals surface area contributed by atoms with Gasteiger partial charge in [-0.05, 0) is 36.2 Å². The van der Waals surface area contributed by atoms with Gasteiger partial charge >= 0.3 is 0 Å². The van der Waals surface area contributed by atoms with E-state index in [4.69, 9.17) is 4.74 Å². The van der Waals surface area contributed by atoms with E-state index in [1.54, 1.807) is 41.3 Å². The van der Waals surface area contributed by atoms with Crippen molar-refractivity contribution in [3.8, 4) is 11.5 Å². The molecule has 1 saturated heterocycles. The number of amides is 1. The van der Waals surface area contributed by atoms with Crippen LogP contribution in [0.2, 0.25) is 0 Å². The van der Waals surface area contributed by atoms with Gasteiger partial charge in [0.25, 0.3) is 11.7 Å². The van der Waals surface area contributed by atoms with Crippen LogP contribution in [-0.2, 0) is 9.59 Å². The molecule has 0 radical (unpaired) electrons. The zero-order chi connectivity index (χ0) is 29.6. The Morgan fingerprint density at radius 2 is 1.37 bits per heavy atom. The third kappa shape index (κ3) is 9.35. The van der Waals surface area contributed by atoms with Crippen LogP contribution in [0.15, 0.2) is 52.5 Å². The molecule has 2 aromatic rings. The maximum absolute atomic E-state index is 13.3. The summed E-state index contributed by atoms with van der Waals surface area (Å²) >= 11 is 3.39. The van der Waals surface area contributed by atoms with Crippen LogP contribution in [0.25, 0.3) is 5.76 Å². The number of ether oxygens (including phenoxy) is 1. The molecular formula is C34H46BrNO5. The maximum Gasteiger partial charge on any atom is 0.295 e. The zero-order valence-electron chi connectivity index (χ0n) is 24.7. The number of likely N-dealkylation sites (tertiary alicyclic amines) is 1. The van der Waals surface area contributed by atoms with Gasteiger partial charge in [0.2, 0.25) is 0 Å². The van der Waals surface area contributed by atoms with Crippen LogP contribution < -0.4 is 4.74 Å². The number of Topliss-reactive ketones (excluding diaryl/α,β-unsaturated/α-hetero) is 1. The first-order chi connectivity index (χ1) is 19.9. The molecule has 1 aliphatic rings. The van der Waals surface area contributed by atoms with Crippen LogP contribution in [0.1, 0.15) is 114 Å². The number of carbonyl (C=O) groups is 2. The number of halogens is 1. The molecule has 41 heavy (non-hydrogen) atoms. The Hall–Kier alpha value is -2.80. The Morgan fingerprint density at radius 1 is 0.829 bits per heavy atom. The second-order valence-electron chi connectivity index (χ2n) is 11.0. The first-order valence-electron chi connectivity index (χ1n) is 15.3. The van der Waals surface area contributed by atoms with E-state index in [1.807, 2.05) is 0 Å². The highest BCUT2D eigenvalue weighted by atomic mass is 79.9. The molecule has 1 heterocycles. The van der Waals surface area contributed by atoms with Gasteiger partial charge < -0.3 is 19.8 Å². The SMILES string of the molecule is CCCCCCCCCCCCCCCCN1C(=O)C(=O)C(=C(O)c2ccc(Br)cc2)[C@@H]1c1ccc(O)c(OC)c1. The van der Waals surface area contributed by atoms with Crippen LogP contribution >= 0.6 is 15.9 Å². The van der Waals surface area contributed by atoms with Crippen LogP contribution in [-0.4, -0.2) is 40.5 Å². The molecule has 1 atom stereocenters. The monoisotopic (exact) mass is 627 g/mol. The number of aromatic hydroxyl groups is 1. The zero-order valence-corrected chi connectivity index (χ0v) is 26.3. The number of methoxy groups -OCH3 is 1. The summed E-state index contributed by atoms with van der Waals surface area (Å²) in [6.07, 6.45) is 17.3.